The third-order valence-corrected chi connectivity index (χ3v) is 9.39. The molecule has 2 aromatic heterocycles. The molecule has 55 heavy (non-hydrogen) atoms. The lowest BCUT2D eigenvalue weighted by atomic mass is 9.86. The predicted molar refractivity (Wildman–Crippen MR) is 203 cm³/mol. The second-order valence-corrected chi connectivity index (χ2v) is 16.3. The van der Waals surface area contributed by atoms with E-state index < -0.39 is 27.7 Å². The Balaban J connectivity index is 0.000000218. The van der Waals surface area contributed by atoms with Crippen molar-refractivity contribution in [1.29, 1.82) is 0 Å². The van der Waals surface area contributed by atoms with Gasteiger partial charge in [-0.25, -0.2) is 4.98 Å². The van der Waals surface area contributed by atoms with Crippen molar-refractivity contribution in [1.82, 2.24) is 19.9 Å². The molecule has 4 aromatic carbocycles. The maximum atomic E-state index is 13.5. The molecule has 0 bridgehead atoms. The summed E-state index contributed by atoms with van der Waals surface area (Å²) in [7, 11) is -5.90. The molecular formula is C41H42F4N4O5S. The average molecular weight is 779 g/mol. The normalized spacial score (nSPS) is 12.3. The number of halogens is 4. The van der Waals surface area contributed by atoms with Crippen LogP contribution in [0.1, 0.15) is 63.8 Å². The molecule has 290 valence electrons. The van der Waals surface area contributed by atoms with E-state index in [4.69, 9.17) is 9.47 Å². The molecule has 0 aliphatic rings. The smallest absolute Gasteiger partial charge is 0.477 e. The lowest BCUT2D eigenvalue weighted by Gasteiger charge is -2.19. The van der Waals surface area contributed by atoms with Gasteiger partial charge in [-0.1, -0.05) is 114 Å². The van der Waals surface area contributed by atoms with Gasteiger partial charge in [0.25, 0.3) is 0 Å². The van der Waals surface area contributed by atoms with Gasteiger partial charge in [0.15, 0.2) is 0 Å². The molecule has 0 saturated heterocycles. The molecule has 0 N–H and O–H groups in total. The summed E-state index contributed by atoms with van der Waals surface area (Å²) in [6.07, 6.45) is 0.489. The van der Waals surface area contributed by atoms with E-state index in [0.717, 1.165) is 17.4 Å². The minimum atomic E-state index is -5.90. The molecule has 0 amide bonds. The monoisotopic (exact) mass is 778 g/mol. The second-order valence-electron chi connectivity index (χ2n) is 14.7. The fraction of sp³-hybridized carbons (Fsp3) is 0.317. The minimum Gasteiger partial charge on any atom is -0.477 e. The summed E-state index contributed by atoms with van der Waals surface area (Å²) in [5.41, 5.74) is -0.00703. The van der Waals surface area contributed by atoms with Gasteiger partial charge in [0.1, 0.15) is 0 Å². The van der Waals surface area contributed by atoms with Crippen LogP contribution in [-0.2, 0) is 33.8 Å². The van der Waals surface area contributed by atoms with Gasteiger partial charge in [0, 0.05) is 12.8 Å². The molecule has 0 aliphatic carbocycles. The van der Waals surface area contributed by atoms with E-state index in [2.05, 4.69) is 89.9 Å². The largest absolute Gasteiger partial charge is 0.534 e. The van der Waals surface area contributed by atoms with Crippen LogP contribution in [-0.4, -0.2) is 47.1 Å². The molecule has 2 heterocycles. The molecule has 0 radical (unpaired) electrons. The van der Waals surface area contributed by atoms with E-state index in [-0.39, 0.29) is 28.8 Å². The first kappa shape index (κ1) is 40.8. The Morgan fingerprint density at radius 1 is 0.564 bits per heavy atom. The van der Waals surface area contributed by atoms with Crippen LogP contribution < -0.4 is 13.7 Å². The summed E-state index contributed by atoms with van der Waals surface area (Å²) >= 11 is 0. The third-order valence-electron chi connectivity index (χ3n) is 8.46. The summed E-state index contributed by atoms with van der Waals surface area (Å²) < 4.78 is 89.4. The first-order valence-electron chi connectivity index (χ1n) is 17.4. The third kappa shape index (κ3) is 10.9. The molecule has 0 aliphatic heterocycles. The fourth-order valence-corrected chi connectivity index (χ4v) is 5.69. The number of rotatable bonds is 10. The van der Waals surface area contributed by atoms with E-state index in [0.29, 0.717) is 29.8 Å². The van der Waals surface area contributed by atoms with Crippen molar-refractivity contribution in [3.8, 4) is 17.8 Å². The van der Waals surface area contributed by atoms with Gasteiger partial charge in [0.05, 0.1) is 35.0 Å². The van der Waals surface area contributed by atoms with Crippen LogP contribution in [0.25, 0.3) is 21.8 Å². The molecule has 0 spiro atoms. The molecule has 0 saturated carbocycles. The zero-order valence-electron chi connectivity index (χ0n) is 31.3. The Bertz CT molecular complexity index is 2340. The van der Waals surface area contributed by atoms with Crippen LogP contribution in [0.15, 0.2) is 97.1 Å². The van der Waals surface area contributed by atoms with Gasteiger partial charge in [-0.15, -0.1) is 0 Å². The van der Waals surface area contributed by atoms with E-state index in [1.54, 1.807) is 24.3 Å². The zero-order chi connectivity index (χ0) is 40.0. The molecule has 14 heteroatoms. The van der Waals surface area contributed by atoms with Gasteiger partial charge in [0.2, 0.25) is 11.8 Å². The predicted octanol–water partition coefficient (Wildman–Crippen LogP) is 9.47. The number of benzene rings is 4. The summed E-state index contributed by atoms with van der Waals surface area (Å²) in [5, 5.41) is 1.14. The van der Waals surface area contributed by atoms with Gasteiger partial charge in [-0.3, -0.25) is 0 Å². The van der Waals surface area contributed by atoms with E-state index >= 15 is 0 Å². The molecule has 0 unspecified atom stereocenters. The van der Waals surface area contributed by atoms with Crippen molar-refractivity contribution >= 4 is 31.9 Å². The lowest BCUT2D eigenvalue weighted by molar-refractivity contribution is -0.0503. The standard InChI is InChI=1S/C21H21F3N2O4S.C20H21FN2O/c1-20(2,3)15-10-8-14(9-11-15)12-13-29-18-16-6-4-5-7-17(16)25-19(26-18)30-31(27,28)21(22,23)24;1-20(2,3)15-10-8-14(9-11-15)12-13-24-18-16-6-4-5-7-17(16)22-19(21)23-18/h4-11H,12-13H2,1-3H3;4-11H,12-13H2,1-3H3. The summed E-state index contributed by atoms with van der Waals surface area (Å²) in [5.74, 6) is 0.230. The summed E-state index contributed by atoms with van der Waals surface area (Å²) in [6.45, 7) is 13.5. The van der Waals surface area contributed by atoms with Crippen molar-refractivity contribution in [2.24, 2.45) is 0 Å². The topological polar surface area (TPSA) is 113 Å². The quantitative estimate of drug-likeness (QED) is 0.0581. The lowest BCUT2D eigenvalue weighted by Crippen LogP contribution is -2.28. The Hall–Kier alpha value is -5.37. The Morgan fingerprint density at radius 3 is 1.42 bits per heavy atom. The van der Waals surface area contributed by atoms with Crippen LogP contribution in [0.5, 0.6) is 17.8 Å². The van der Waals surface area contributed by atoms with Crippen LogP contribution in [0.2, 0.25) is 0 Å². The maximum Gasteiger partial charge on any atom is 0.534 e. The Kier molecular flexibility index (Phi) is 12.3. The number of ether oxygens (including phenoxy) is 2. The van der Waals surface area contributed by atoms with E-state index in [9.17, 15) is 26.0 Å². The number of fused-ring (bicyclic) bond motifs is 2. The van der Waals surface area contributed by atoms with Crippen LogP contribution in [0.3, 0.4) is 0 Å². The molecule has 0 atom stereocenters. The van der Waals surface area contributed by atoms with Crippen LogP contribution in [0, 0.1) is 6.08 Å². The van der Waals surface area contributed by atoms with Crippen molar-refractivity contribution < 1.29 is 39.6 Å². The number of nitrogens with zero attached hydrogens (tertiary/aromatic N) is 4. The SMILES string of the molecule is CC(C)(C)c1ccc(CCOc2nc(F)nc3ccccc23)cc1.CC(C)(C)c1ccc(CCOc2nc(OS(=O)(=O)C(F)(F)F)nc3ccccc23)cc1. The molecule has 6 rings (SSSR count). The Morgan fingerprint density at radius 2 is 0.982 bits per heavy atom. The highest BCUT2D eigenvalue weighted by atomic mass is 32.2. The Labute approximate surface area is 317 Å². The highest BCUT2D eigenvalue weighted by Gasteiger charge is 2.49. The van der Waals surface area contributed by atoms with Crippen molar-refractivity contribution in [3.63, 3.8) is 0 Å². The van der Waals surface area contributed by atoms with Gasteiger partial charge in [-0.2, -0.15) is 40.9 Å². The zero-order valence-corrected chi connectivity index (χ0v) is 32.1. The van der Waals surface area contributed by atoms with Crippen LogP contribution in [0.4, 0.5) is 17.6 Å². The minimum absolute atomic E-state index is 0.0298. The highest BCUT2D eigenvalue weighted by molar-refractivity contribution is 7.87. The van der Waals surface area contributed by atoms with Crippen LogP contribution >= 0.6 is 0 Å². The van der Waals surface area contributed by atoms with E-state index in [1.807, 2.05) is 42.5 Å². The van der Waals surface area contributed by atoms with Gasteiger partial charge >= 0.3 is 27.7 Å². The summed E-state index contributed by atoms with van der Waals surface area (Å²) in [4.78, 5) is 15.0. The molecule has 0 fully saturated rings. The van der Waals surface area contributed by atoms with Crippen molar-refractivity contribution in [2.45, 2.75) is 70.7 Å². The highest BCUT2D eigenvalue weighted by Crippen LogP contribution is 2.30. The number of hydrogen-bond donors (Lipinski definition) is 0. The second kappa shape index (κ2) is 16.6. The average Bonchev–Trinajstić information content (AvgIpc) is 3.11. The molecular weight excluding hydrogens is 737 g/mol. The maximum absolute atomic E-state index is 13.5. The fourth-order valence-electron chi connectivity index (χ4n) is 5.32. The van der Waals surface area contributed by atoms with Gasteiger partial charge in [-0.05, 0) is 57.3 Å². The van der Waals surface area contributed by atoms with E-state index in [1.165, 1.54) is 22.8 Å². The first-order valence-corrected chi connectivity index (χ1v) is 18.9. The number of hydrogen-bond acceptors (Lipinski definition) is 9. The van der Waals surface area contributed by atoms with Gasteiger partial charge < -0.3 is 13.7 Å². The van der Waals surface area contributed by atoms with Crippen molar-refractivity contribution in [2.75, 3.05) is 13.2 Å². The molecule has 6 aromatic rings. The van der Waals surface area contributed by atoms with Crippen molar-refractivity contribution in [3.05, 3.63) is 125 Å². The number of aromatic nitrogens is 4. The number of para-hydroxylation sites is 2. The first-order chi connectivity index (χ1) is 25.8. The molecule has 9 nitrogen and oxygen atoms in total. The summed E-state index contributed by atoms with van der Waals surface area (Å²) in [6, 6.07) is 29.2. The number of alkyl halides is 3.